The summed E-state index contributed by atoms with van der Waals surface area (Å²) in [5.41, 5.74) is 1.16. The Kier molecular flexibility index (Phi) is 4.57. The van der Waals surface area contributed by atoms with Gasteiger partial charge in [0, 0.05) is 25.7 Å². The molecule has 0 N–H and O–H groups in total. The highest BCUT2D eigenvalue weighted by Gasteiger charge is 2.30. The van der Waals surface area contributed by atoms with E-state index in [1.165, 1.54) is 6.42 Å². The molecule has 0 aromatic heterocycles. The van der Waals surface area contributed by atoms with Crippen molar-refractivity contribution < 1.29 is 4.79 Å². The molecule has 2 aliphatic rings. The van der Waals surface area contributed by atoms with Crippen LogP contribution in [-0.4, -0.2) is 41.7 Å². The van der Waals surface area contributed by atoms with Crippen LogP contribution in [-0.2, 0) is 4.79 Å². The molecule has 1 saturated heterocycles. The lowest BCUT2D eigenvalue weighted by atomic mass is 9.92. The maximum Gasteiger partial charge on any atom is 0.257 e. The molecule has 118 valence electrons. The van der Waals surface area contributed by atoms with E-state index in [2.05, 4.69) is 36.0 Å². The Labute approximate surface area is 132 Å². The standard InChI is InChI=1S/C18H25N3O/c1-14-10-15(2)12-20(11-14)13-18(22)21-17(8-9-19-21)16-6-4-3-5-7-16/h3-7,9,14-15,17H,8,10-13H2,1-2H3/t14-,15-,17+/m1/s1. The topological polar surface area (TPSA) is 35.9 Å². The molecule has 0 spiro atoms. The number of hydrogen-bond acceptors (Lipinski definition) is 3. The average Bonchev–Trinajstić information content (AvgIpc) is 2.96. The molecule has 0 unspecified atom stereocenters. The molecule has 4 nitrogen and oxygen atoms in total. The van der Waals surface area contributed by atoms with Gasteiger partial charge in [0.1, 0.15) is 0 Å². The van der Waals surface area contributed by atoms with Gasteiger partial charge in [-0.25, -0.2) is 5.01 Å². The zero-order chi connectivity index (χ0) is 15.5. The number of nitrogens with zero attached hydrogens (tertiary/aromatic N) is 3. The second-order valence-corrected chi connectivity index (χ2v) is 6.84. The van der Waals surface area contributed by atoms with Crippen molar-refractivity contribution in [3.63, 3.8) is 0 Å². The summed E-state index contributed by atoms with van der Waals surface area (Å²) in [6.45, 7) is 7.06. The monoisotopic (exact) mass is 299 g/mol. The number of carbonyl (C=O) groups is 1. The van der Waals surface area contributed by atoms with Crippen LogP contribution in [0.15, 0.2) is 35.4 Å². The van der Waals surface area contributed by atoms with E-state index < -0.39 is 0 Å². The minimum Gasteiger partial charge on any atom is -0.294 e. The van der Waals surface area contributed by atoms with Crippen molar-refractivity contribution in [1.29, 1.82) is 0 Å². The van der Waals surface area contributed by atoms with Gasteiger partial charge in [0.15, 0.2) is 0 Å². The molecule has 4 heteroatoms. The van der Waals surface area contributed by atoms with Crippen LogP contribution in [0.5, 0.6) is 0 Å². The second kappa shape index (κ2) is 6.61. The summed E-state index contributed by atoms with van der Waals surface area (Å²) in [5, 5.41) is 6.01. The highest BCUT2D eigenvalue weighted by atomic mass is 16.2. The number of carbonyl (C=O) groups excluding carboxylic acids is 1. The number of benzene rings is 1. The highest BCUT2D eigenvalue weighted by Crippen LogP contribution is 2.28. The Morgan fingerprint density at radius 1 is 1.18 bits per heavy atom. The third kappa shape index (κ3) is 3.38. The van der Waals surface area contributed by atoms with Gasteiger partial charge in [-0.1, -0.05) is 44.2 Å². The summed E-state index contributed by atoms with van der Waals surface area (Å²) in [5.74, 6) is 1.45. The van der Waals surface area contributed by atoms with Gasteiger partial charge >= 0.3 is 0 Å². The van der Waals surface area contributed by atoms with Crippen LogP contribution in [0.1, 0.15) is 38.3 Å². The van der Waals surface area contributed by atoms with E-state index in [0.717, 1.165) is 25.1 Å². The predicted molar refractivity (Wildman–Crippen MR) is 88.5 cm³/mol. The van der Waals surface area contributed by atoms with Crippen molar-refractivity contribution in [2.45, 2.75) is 32.7 Å². The molecule has 0 aliphatic carbocycles. The average molecular weight is 299 g/mol. The molecule has 3 rings (SSSR count). The van der Waals surface area contributed by atoms with E-state index in [1.807, 2.05) is 24.4 Å². The molecular formula is C18H25N3O. The number of hydrogen-bond donors (Lipinski definition) is 0. The summed E-state index contributed by atoms with van der Waals surface area (Å²) in [6, 6.07) is 10.2. The Morgan fingerprint density at radius 3 is 2.55 bits per heavy atom. The van der Waals surface area contributed by atoms with Gasteiger partial charge in [-0.05, 0) is 23.8 Å². The zero-order valence-electron chi connectivity index (χ0n) is 13.5. The van der Waals surface area contributed by atoms with Crippen molar-refractivity contribution in [2.24, 2.45) is 16.9 Å². The first-order valence-electron chi connectivity index (χ1n) is 8.25. The molecule has 0 saturated carbocycles. The molecular weight excluding hydrogens is 274 g/mol. The first kappa shape index (κ1) is 15.2. The fraction of sp³-hybridized carbons (Fsp3) is 0.556. The largest absolute Gasteiger partial charge is 0.294 e. The molecule has 0 bridgehead atoms. The van der Waals surface area contributed by atoms with Crippen LogP contribution >= 0.6 is 0 Å². The first-order valence-corrected chi connectivity index (χ1v) is 8.25. The molecule has 1 fully saturated rings. The van der Waals surface area contributed by atoms with Crippen molar-refractivity contribution in [2.75, 3.05) is 19.6 Å². The molecule has 2 aliphatic heterocycles. The van der Waals surface area contributed by atoms with Crippen molar-refractivity contribution in [3.8, 4) is 0 Å². The van der Waals surface area contributed by atoms with Gasteiger partial charge in [0.25, 0.3) is 5.91 Å². The number of piperidine rings is 1. The molecule has 1 amide bonds. The minimum atomic E-state index is 0.0633. The van der Waals surface area contributed by atoms with Gasteiger partial charge in [0.05, 0.1) is 12.6 Å². The Morgan fingerprint density at radius 2 is 1.86 bits per heavy atom. The van der Waals surface area contributed by atoms with E-state index in [4.69, 9.17) is 0 Å². The quantitative estimate of drug-likeness (QED) is 0.860. The van der Waals surface area contributed by atoms with E-state index in [-0.39, 0.29) is 11.9 Å². The van der Waals surface area contributed by atoms with Crippen molar-refractivity contribution >= 4 is 12.1 Å². The first-order chi connectivity index (χ1) is 10.6. The third-order valence-electron chi connectivity index (χ3n) is 4.57. The SMILES string of the molecule is C[C@@H]1C[C@@H](C)CN(CC(=O)N2N=CC[C@H]2c2ccccc2)C1. The van der Waals surface area contributed by atoms with Crippen LogP contribution in [0, 0.1) is 11.8 Å². The van der Waals surface area contributed by atoms with Crippen LogP contribution in [0.4, 0.5) is 0 Å². The van der Waals surface area contributed by atoms with Crippen LogP contribution in [0.25, 0.3) is 0 Å². The summed E-state index contributed by atoms with van der Waals surface area (Å²) in [6.07, 6.45) is 3.93. The maximum absolute atomic E-state index is 12.7. The smallest absolute Gasteiger partial charge is 0.257 e. The molecule has 1 aromatic carbocycles. The van der Waals surface area contributed by atoms with Gasteiger partial charge in [-0.15, -0.1) is 0 Å². The lowest BCUT2D eigenvalue weighted by molar-refractivity contribution is -0.134. The Bertz CT molecular complexity index is 533. The highest BCUT2D eigenvalue weighted by molar-refractivity contribution is 5.81. The van der Waals surface area contributed by atoms with Crippen LogP contribution in [0.2, 0.25) is 0 Å². The summed E-state index contributed by atoms with van der Waals surface area (Å²) >= 11 is 0. The number of rotatable bonds is 3. The normalized spacial score (nSPS) is 29.0. The minimum absolute atomic E-state index is 0.0633. The van der Waals surface area contributed by atoms with Crippen molar-refractivity contribution in [3.05, 3.63) is 35.9 Å². The maximum atomic E-state index is 12.7. The molecule has 0 radical (unpaired) electrons. The third-order valence-corrected chi connectivity index (χ3v) is 4.57. The zero-order valence-corrected chi connectivity index (χ0v) is 13.5. The molecule has 3 atom stereocenters. The fourth-order valence-electron chi connectivity index (χ4n) is 3.79. The van der Waals surface area contributed by atoms with Crippen LogP contribution < -0.4 is 0 Å². The Balaban J connectivity index is 1.65. The van der Waals surface area contributed by atoms with E-state index in [1.54, 1.807) is 5.01 Å². The summed E-state index contributed by atoms with van der Waals surface area (Å²) in [7, 11) is 0. The predicted octanol–water partition coefficient (Wildman–Crippen LogP) is 2.92. The van der Waals surface area contributed by atoms with Crippen LogP contribution in [0.3, 0.4) is 0 Å². The molecule has 2 heterocycles. The Hall–Kier alpha value is -1.68. The second-order valence-electron chi connectivity index (χ2n) is 6.84. The van der Waals surface area contributed by atoms with Crippen molar-refractivity contribution in [1.82, 2.24) is 9.91 Å². The fourth-order valence-corrected chi connectivity index (χ4v) is 3.79. The number of amides is 1. The molecule has 1 aromatic rings. The van der Waals surface area contributed by atoms with Gasteiger partial charge in [-0.2, -0.15) is 5.10 Å². The van der Waals surface area contributed by atoms with E-state index >= 15 is 0 Å². The molecule has 22 heavy (non-hydrogen) atoms. The van der Waals surface area contributed by atoms with Gasteiger partial charge < -0.3 is 0 Å². The summed E-state index contributed by atoms with van der Waals surface area (Å²) in [4.78, 5) is 15.0. The number of likely N-dealkylation sites (tertiary alicyclic amines) is 1. The number of hydrazone groups is 1. The van der Waals surface area contributed by atoms with Gasteiger partial charge in [0.2, 0.25) is 0 Å². The lowest BCUT2D eigenvalue weighted by Gasteiger charge is -2.35. The summed E-state index contributed by atoms with van der Waals surface area (Å²) < 4.78 is 0. The van der Waals surface area contributed by atoms with E-state index in [0.29, 0.717) is 18.4 Å². The van der Waals surface area contributed by atoms with E-state index in [9.17, 15) is 4.79 Å². The lowest BCUT2D eigenvalue weighted by Crippen LogP contribution is -2.44. The van der Waals surface area contributed by atoms with Gasteiger partial charge in [-0.3, -0.25) is 9.69 Å².